The fraction of sp³-hybridized carbons (Fsp3) is 0.312. The zero-order valence-corrected chi connectivity index (χ0v) is 12.5. The van der Waals surface area contributed by atoms with E-state index in [0.717, 1.165) is 24.0 Å². The minimum absolute atomic E-state index is 0.176. The maximum atomic E-state index is 6.10. The smallest absolute Gasteiger partial charge is 0.219 e. The highest BCUT2D eigenvalue weighted by molar-refractivity contribution is 6.32. The van der Waals surface area contributed by atoms with E-state index >= 15 is 0 Å². The predicted octanol–water partition coefficient (Wildman–Crippen LogP) is 4.12. The number of aromatic nitrogens is 1. The molecule has 3 nitrogen and oxygen atoms in total. The molecule has 0 amide bonds. The Morgan fingerprint density at radius 3 is 2.75 bits per heavy atom. The van der Waals surface area contributed by atoms with Crippen LogP contribution in [-0.2, 0) is 6.42 Å². The molecule has 1 unspecified atom stereocenters. The van der Waals surface area contributed by atoms with Gasteiger partial charge < -0.3 is 10.5 Å². The molecule has 2 N–H and O–H groups in total. The van der Waals surface area contributed by atoms with Gasteiger partial charge in [0.2, 0.25) is 5.88 Å². The van der Waals surface area contributed by atoms with E-state index in [-0.39, 0.29) is 6.04 Å². The number of halogens is 1. The van der Waals surface area contributed by atoms with Gasteiger partial charge in [0.25, 0.3) is 0 Å². The van der Waals surface area contributed by atoms with Crippen LogP contribution < -0.4 is 10.5 Å². The van der Waals surface area contributed by atoms with Crippen molar-refractivity contribution in [3.8, 4) is 11.6 Å². The molecule has 2 aromatic rings. The Bertz CT molecular complexity index is 569. The molecular formula is C16H19ClN2O. The fourth-order valence-corrected chi connectivity index (χ4v) is 2.00. The minimum atomic E-state index is 0.176. The Balaban J connectivity index is 2.09. The van der Waals surface area contributed by atoms with Crippen LogP contribution in [0.15, 0.2) is 36.5 Å². The third kappa shape index (κ3) is 3.95. The lowest BCUT2D eigenvalue weighted by Gasteiger charge is -2.10. The third-order valence-corrected chi connectivity index (χ3v) is 3.43. The molecule has 0 aliphatic rings. The van der Waals surface area contributed by atoms with Crippen molar-refractivity contribution >= 4 is 11.6 Å². The van der Waals surface area contributed by atoms with Gasteiger partial charge in [-0.25, -0.2) is 4.98 Å². The summed E-state index contributed by atoms with van der Waals surface area (Å²) in [4.78, 5) is 4.30. The van der Waals surface area contributed by atoms with Crippen molar-refractivity contribution < 1.29 is 4.74 Å². The summed E-state index contributed by atoms with van der Waals surface area (Å²) in [6.45, 7) is 4.07. The van der Waals surface area contributed by atoms with E-state index in [1.54, 1.807) is 6.20 Å². The molecule has 1 aromatic heterocycles. The lowest BCUT2D eigenvalue weighted by Crippen LogP contribution is -2.21. The number of ether oxygens (including phenoxy) is 1. The summed E-state index contributed by atoms with van der Waals surface area (Å²) in [6, 6.07) is 9.66. The van der Waals surface area contributed by atoms with Gasteiger partial charge in [-0.3, -0.25) is 0 Å². The van der Waals surface area contributed by atoms with Gasteiger partial charge in [0.1, 0.15) is 5.75 Å². The van der Waals surface area contributed by atoms with Gasteiger partial charge in [0.05, 0.1) is 5.02 Å². The van der Waals surface area contributed by atoms with E-state index in [4.69, 9.17) is 22.1 Å². The van der Waals surface area contributed by atoms with Crippen molar-refractivity contribution in [3.63, 3.8) is 0 Å². The highest BCUT2D eigenvalue weighted by atomic mass is 35.5. The molecule has 2 rings (SSSR count). The van der Waals surface area contributed by atoms with Crippen LogP contribution in [0, 0.1) is 6.92 Å². The van der Waals surface area contributed by atoms with E-state index in [1.807, 2.05) is 37.3 Å². The monoisotopic (exact) mass is 290 g/mol. The Hall–Kier alpha value is -1.58. The normalized spacial score (nSPS) is 12.2. The number of rotatable bonds is 5. The van der Waals surface area contributed by atoms with Gasteiger partial charge in [0, 0.05) is 18.3 Å². The van der Waals surface area contributed by atoms with Crippen LogP contribution in [-0.4, -0.2) is 11.0 Å². The van der Waals surface area contributed by atoms with E-state index in [0.29, 0.717) is 16.7 Å². The molecular weight excluding hydrogens is 272 g/mol. The molecule has 20 heavy (non-hydrogen) atoms. The first-order valence-electron chi connectivity index (χ1n) is 6.73. The third-order valence-electron chi connectivity index (χ3n) is 3.12. The molecule has 0 saturated carbocycles. The van der Waals surface area contributed by atoms with Crippen molar-refractivity contribution in [2.75, 3.05) is 0 Å². The SMILES string of the molecule is CCC(N)Cc1ccc(Oc2cc(C)ccc2Cl)nc1. The molecule has 106 valence electrons. The lowest BCUT2D eigenvalue weighted by molar-refractivity contribution is 0.462. The zero-order valence-electron chi connectivity index (χ0n) is 11.8. The van der Waals surface area contributed by atoms with Gasteiger partial charge in [-0.2, -0.15) is 0 Å². The molecule has 0 radical (unpaired) electrons. The van der Waals surface area contributed by atoms with Crippen LogP contribution in [0.3, 0.4) is 0 Å². The van der Waals surface area contributed by atoms with E-state index in [1.165, 1.54) is 0 Å². The van der Waals surface area contributed by atoms with Crippen LogP contribution in [0.1, 0.15) is 24.5 Å². The number of pyridine rings is 1. The molecule has 0 saturated heterocycles. The summed E-state index contributed by atoms with van der Waals surface area (Å²) in [5.74, 6) is 1.16. The second-order valence-corrected chi connectivity index (χ2v) is 5.32. The lowest BCUT2D eigenvalue weighted by atomic mass is 10.1. The number of nitrogens with two attached hydrogens (primary N) is 1. The topological polar surface area (TPSA) is 48.1 Å². The number of nitrogens with zero attached hydrogens (tertiary/aromatic N) is 1. The Morgan fingerprint density at radius 1 is 1.30 bits per heavy atom. The summed E-state index contributed by atoms with van der Waals surface area (Å²) >= 11 is 6.10. The molecule has 0 bridgehead atoms. The highest BCUT2D eigenvalue weighted by Crippen LogP contribution is 2.29. The summed E-state index contributed by atoms with van der Waals surface area (Å²) in [7, 11) is 0. The Morgan fingerprint density at radius 2 is 2.10 bits per heavy atom. The van der Waals surface area contributed by atoms with Crippen LogP contribution in [0.5, 0.6) is 11.6 Å². The summed E-state index contributed by atoms with van der Waals surface area (Å²) in [5.41, 5.74) is 8.13. The standard InChI is InChI=1S/C16H19ClN2O/c1-3-13(18)9-12-5-7-16(19-10-12)20-15-8-11(2)4-6-14(15)17/h4-8,10,13H,3,9,18H2,1-2H3. The summed E-state index contributed by atoms with van der Waals surface area (Å²) in [5, 5.41) is 0.578. The summed E-state index contributed by atoms with van der Waals surface area (Å²) in [6.07, 6.45) is 3.58. The van der Waals surface area contributed by atoms with Crippen LogP contribution in [0.2, 0.25) is 5.02 Å². The van der Waals surface area contributed by atoms with Crippen molar-refractivity contribution in [2.24, 2.45) is 5.73 Å². The minimum Gasteiger partial charge on any atom is -0.437 e. The number of hydrogen-bond acceptors (Lipinski definition) is 3. The second-order valence-electron chi connectivity index (χ2n) is 4.91. The molecule has 1 atom stereocenters. The van der Waals surface area contributed by atoms with Gasteiger partial charge in [0.15, 0.2) is 0 Å². The van der Waals surface area contributed by atoms with Crippen molar-refractivity contribution in [1.29, 1.82) is 0 Å². The molecule has 0 fully saturated rings. The van der Waals surface area contributed by atoms with E-state index in [9.17, 15) is 0 Å². The van der Waals surface area contributed by atoms with Crippen LogP contribution in [0.4, 0.5) is 0 Å². The largest absolute Gasteiger partial charge is 0.437 e. The van der Waals surface area contributed by atoms with Crippen molar-refractivity contribution in [1.82, 2.24) is 4.98 Å². The quantitative estimate of drug-likeness (QED) is 0.901. The predicted molar refractivity (Wildman–Crippen MR) is 82.5 cm³/mol. The number of aryl methyl sites for hydroxylation is 1. The number of hydrogen-bond donors (Lipinski definition) is 1. The first kappa shape index (κ1) is 14.8. The molecule has 4 heteroatoms. The highest BCUT2D eigenvalue weighted by Gasteiger charge is 2.06. The van der Waals surface area contributed by atoms with E-state index < -0.39 is 0 Å². The Labute approximate surface area is 124 Å². The van der Waals surface area contributed by atoms with Gasteiger partial charge in [-0.15, -0.1) is 0 Å². The molecule has 1 heterocycles. The van der Waals surface area contributed by atoms with Crippen LogP contribution in [0.25, 0.3) is 0 Å². The maximum Gasteiger partial charge on any atom is 0.219 e. The Kier molecular flexibility index (Phi) is 4.99. The second kappa shape index (κ2) is 6.73. The summed E-state index contributed by atoms with van der Waals surface area (Å²) < 4.78 is 5.70. The fourth-order valence-electron chi connectivity index (χ4n) is 1.84. The molecule has 0 aliphatic carbocycles. The van der Waals surface area contributed by atoms with Crippen molar-refractivity contribution in [2.45, 2.75) is 32.7 Å². The molecule has 1 aromatic carbocycles. The zero-order chi connectivity index (χ0) is 14.5. The average molecular weight is 291 g/mol. The van der Waals surface area contributed by atoms with E-state index in [2.05, 4.69) is 11.9 Å². The van der Waals surface area contributed by atoms with Gasteiger partial charge >= 0.3 is 0 Å². The maximum absolute atomic E-state index is 6.10. The molecule has 0 aliphatic heterocycles. The molecule has 0 spiro atoms. The average Bonchev–Trinajstić information content (AvgIpc) is 2.45. The van der Waals surface area contributed by atoms with Gasteiger partial charge in [-0.05, 0) is 43.0 Å². The van der Waals surface area contributed by atoms with Crippen LogP contribution >= 0.6 is 11.6 Å². The van der Waals surface area contributed by atoms with Crippen molar-refractivity contribution in [3.05, 3.63) is 52.7 Å². The number of benzene rings is 1. The van der Waals surface area contributed by atoms with Gasteiger partial charge in [-0.1, -0.05) is 30.7 Å². The first-order valence-corrected chi connectivity index (χ1v) is 7.10. The first-order chi connectivity index (χ1) is 9.58.